The van der Waals surface area contributed by atoms with Crippen LogP contribution in [0.15, 0.2) is 5.38 Å². The molecule has 4 nitrogen and oxygen atoms in total. The standard InChI is InChI=1S/C15H22N2O2S/c1-14(2)4-10-5-15(3,8-14)9-17(10)6-12-16-11(7-20-12)13(18)19/h7,10H,4-6,8-9H2,1-3H3,(H,18,19). The third-order valence-electron chi connectivity index (χ3n) is 4.63. The summed E-state index contributed by atoms with van der Waals surface area (Å²) < 4.78 is 0. The second-order valence-corrected chi connectivity index (χ2v) is 8.49. The molecular weight excluding hydrogens is 272 g/mol. The van der Waals surface area contributed by atoms with Crippen LogP contribution < -0.4 is 0 Å². The van der Waals surface area contributed by atoms with Gasteiger partial charge in [0, 0.05) is 18.0 Å². The number of hydrogen-bond donors (Lipinski definition) is 1. The van der Waals surface area contributed by atoms with Gasteiger partial charge in [0.25, 0.3) is 0 Å². The Bertz CT molecular complexity index is 540. The molecule has 1 N–H and O–H groups in total. The molecule has 1 aromatic heterocycles. The van der Waals surface area contributed by atoms with Crippen molar-refractivity contribution >= 4 is 17.3 Å². The van der Waals surface area contributed by atoms with Gasteiger partial charge in [-0.2, -0.15) is 0 Å². The molecule has 20 heavy (non-hydrogen) atoms. The van der Waals surface area contributed by atoms with Crippen molar-refractivity contribution in [2.75, 3.05) is 6.54 Å². The van der Waals surface area contributed by atoms with Crippen molar-refractivity contribution in [3.05, 3.63) is 16.1 Å². The van der Waals surface area contributed by atoms with E-state index in [1.165, 1.54) is 30.6 Å². The Kier molecular flexibility index (Phi) is 3.18. The molecule has 0 amide bonds. The number of aromatic carboxylic acids is 1. The molecule has 3 rings (SSSR count). The molecule has 2 fully saturated rings. The number of thiazole rings is 1. The molecule has 2 unspecified atom stereocenters. The third kappa shape index (κ3) is 2.61. The van der Waals surface area contributed by atoms with Gasteiger partial charge in [-0.15, -0.1) is 11.3 Å². The van der Waals surface area contributed by atoms with Gasteiger partial charge in [-0.05, 0) is 30.1 Å². The molecule has 1 aliphatic heterocycles. The maximum atomic E-state index is 10.9. The first-order valence-electron chi connectivity index (χ1n) is 7.18. The Balaban J connectivity index is 1.74. The van der Waals surface area contributed by atoms with Gasteiger partial charge in [-0.25, -0.2) is 9.78 Å². The Morgan fingerprint density at radius 3 is 2.90 bits per heavy atom. The monoisotopic (exact) mass is 294 g/mol. The highest BCUT2D eigenvalue weighted by molar-refractivity contribution is 7.09. The number of likely N-dealkylation sites (tertiary alicyclic amines) is 1. The van der Waals surface area contributed by atoms with E-state index in [1.807, 2.05) is 0 Å². The fourth-order valence-electron chi connectivity index (χ4n) is 4.42. The van der Waals surface area contributed by atoms with Crippen LogP contribution in [0.5, 0.6) is 0 Å². The summed E-state index contributed by atoms with van der Waals surface area (Å²) >= 11 is 1.46. The second kappa shape index (κ2) is 4.53. The summed E-state index contributed by atoms with van der Waals surface area (Å²) in [6, 6.07) is 0.626. The van der Waals surface area contributed by atoms with Crippen LogP contribution in [0, 0.1) is 10.8 Å². The van der Waals surface area contributed by atoms with Gasteiger partial charge in [0.15, 0.2) is 5.69 Å². The SMILES string of the molecule is CC1(C)CC2CC(C)(CN2Cc2nc(C(=O)O)cs2)C1. The molecule has 110 valence electrons. The number of fused-ring (bicyclic) bond motifs is 2. The van der Waals surface area contributed by atoms with Crippen molar-refractivity contribution in [3.8, 4) is 0 Å². The lowest BCUT2D eigenvalue weighted by molar-refractivity contribution is 0.0691. The summed E-state index contributed by atoms with van der Waals surface area (Å²) in [7, 11) is 0. The molecule has 2 heterocycles. The second-order valence-electron chi connectivity index (χ2n) is 7.55. The fraction of sp³-hybridized carbons (Fsp3) is 0.733. The Labute approximate surface area is 123 Å². The van der Waals surface area contributed by atoms with Crippen molar-refractivity contribution in [3.63, 3.8) is 0 Å². The van der Waals surface area contributed by atoms with Crippen LogP contribution in [-0.2, 0) is 6.54 Å². The molecule has 0 aromatic carbocycles. The van der Waals surface area contributed by atoms with Crippen molar-refractivity contribution < 1.29 is 9.90 Å². The van der Waals surface area contributed by atoms with E-state index in [0.717, 1.165) is 18.1 Å². The fourth-order valence-corrected chi connectivity index (χ4v) is 5.21. The van der Waals surface area contributed by atoms with E-state index in [4.69, 9.17) is 5.11 Å². The summed E-state index contributed by atoms with van der Waals surface area (Å²) in [6.07, 6.45) is 3.79. The summed E-state index contributed by atoms with van der Waals surface area (Å²) in [5.41, 5.74) is 1.01. The van der Waals surface area contributed by atoms with E-state index < -0.39 is 5.97 Å². The van der Waals surface area contributed by atoms with Gasteiger partial charge in [0.1, 0.15) is 5.01 Å². The first-order chi connectivity index (χ1) is 9.26. The van der Waals surface area contributed by atoms with Gasteiger partial charge in [-0.3, -0.25) is 4.90 Å². The van der Waals surface area contributed by atoms with E-state index in [1.54, 1.807) is 5.38 Å². The molecule has 1 aliphatic carbocycles. The highest BCUT2D eigenvalue weighted by Gasteiger charge is 2.49. The zero-order valence-corrected chi connectivity index (χ0v) is 13.2. The number of carbonyl (C=O) groups is 1. The molecule has 0 spiro atoms. The first-order valence-corrected chi connectivity index (χ1v) is 8.06. The van der Waals surface area contributed by atoms with E-state index in [9.17, 15) is 4.79 Å². The average Bonchev–Trinajstić information content (AvgIpc) is 2.81. The predicted molar refractivity (Wildman–Crippen MR) is 79.0 cm³/mol. The molecule has 1 aromatic rings. The number of nitrogens with zero attached hydrogens (tertiary/aromatic N) is 2. The zero-order valence-electron chi connectivity index (χ0n) is 12.3. The van der Waals surface area contributed by atoms with Crippen molar-refractivity contribution in [1.82, 2.24) is 9.88 Å². The molecule has 1 saturated carbocycles. The normalized spacial score (nSPS) is 32.5. The number of aromatic nitrogens is 1. The third-order valence-corrected chi connectivity index (χ3v) is 5.47. The van der Waals surface area contributed by atoms with Gasteiger partial charge in [0.05, 0.1) is 6.54 Å². The molecule has 2 aliphatic rings. The van der Waals surface area contributed by atoms with Crippen LogP contribution in [0.25, 0.3) is 0 Å². The quantitative estimate of drug-likeness (QED) is 0.930. The molecule has 0 radical (unpaired) electrons. The van der Waals surface area contributed by atoms with Crippen molar-refractivity contribution in [1.29, 1.82) is 0 Å². The predicted octanol–water partition coefficient (Wildman–Crippen LogP) is 3.24. The van der Waals surface area contributed by atoms with Gasteiger partial charge >= 0.3 is 5.97 Å². The van der Waals surface area contributed by atoms with Crippen LogP contribution in [0.1, 0.15) is 55.5 Å². The minimum atomic E-state index is -0.930. The van der Waals surface area contributed by atoms with Crippen molar-refractivity contribution in [2.45, 2.75) is 52.6 Å². The molecule has 2 atom stereocenters. The maximum absolute atomic E-state index is 10.9. The van der Waals surface area contributed by atoms with Crippen molar-refractivity contribution in [2.24, 2.45) is 10.8 Å². The maximum Gasteiger partial charge on any atom is 0.355 e. The minimum Gasteiger partial charge on any atom is -0.476 e. The number of carboxylic acids is 1. The summed E-state index contributed by atoms with van der Waals surface area (Å²) in [5.74, 6) is -0.930. The topological polar surface area (TPSA) is 53.4 Å². The minimum absolute atomic E-state index is 0.179. The molecule has 2 bridgehead atoms. The largest absolute Gasteiger partial charge is 0.476 e. The lowest BCUT2D eigenvalue weighted by Gasteiger charge is -2.39. The van der Waals surface area contributed by atoms with Crippen LogP contribution in [0.3, 0.4) is 0 Å². The highest BCUT2D eigenvalue weighted by atomic mass is 32.1. The van der Waals surface area contributed by atoms with Crippen LogP contribution in [-0.4, -0.2) is 33.5 Å². The van der Waals surface area contributed by atoms with Gasteiger partial charge in [0.2, 0.25) is 0 Å². The molecule has 1 saturated heterocycles. The Morgan fingerprint density at radius 1 is 1.50 bits per heavy atom. The Hall–Kier alpha value is -0.940. The Morgan fingerprint density at radius 2 is 2.25 bits per heavy atom. The molecular formula is C15H22N2O2S. The van der Waals surface area contributed by atoms with E-state index in [2.05, 4.69) is 30.7 Å². The van der Waals surface area contributed by atoms with Crippen LogP contribution in [0.2, 0.25) is 0 Å². The summed E-state index contributed by atoms with van der Waals surface area (Å²) in [4.78, 5) is 17.6. The lowest BCUT2D eigenvalue weighted by atomic mass is 9.65. The lowest BCUT2D eigenvalue weighted by Crippen LogP contribution is -2.34. The number of hydrogen-bond acceptors (Lipinski definition) is 4. The summed E-state index contributed by atoms with van der Waals surface area (Å²) in [5, 5.41) is 11.5. The van der Waals surface area contributed by atoms with Gasteiger partial charge in [-0.1, -0.05) is 20.8 Å². The van der Waals surface area contributed by atoms with E-state index in [-0.39, 0.29) is 5.69 Å². The first kappa shape index (κ1) is 14.0. The zero-order chi connectivity index (χ0) is 14.5. The van der Waals surface area contributed by atoms with E-state index in [0.29, 0.717) is 16.9 Å². The van der Waals surface area contributed by atoms with Crippen LogP contribution in [0.4, 0.5) is 0 Å². The smallest absolute Gasteiger partial charge is 0.355 e. The molecule has 5 heteroatoms. The summed E-state index contributed by atoms with van der Waals surface area (Å²) in [6.45, 7) is 9.04. The average molecular weight is 294 g/mol. The van der Waals surface area contributed by atoms with E-state index >= 15 is 0 Å². The van der Waals surface area contributed by atoms with Crippen LogP contribution >= 0.6 is 11.3 Å². The number of rotatable bonds is 3. The number of carboxylic acid groups (broad SMARTS) is 1. The van der Waals surface area contributed by atoms with Gasteiger partial charge < -0.3 is 5.11 Å². The highest BCUT2D eigenvalue weighted by Crippen LogP contribution is 2.52.